The maximum atomic E-state index is 5.20. The predicted octanol–water partition coefficient (Wildman–Crippen LogP) is 4.08. The van der Waals surface area contributed by atoms with Gasteiger partial charge in [0.25, 0.3) is 0 Å². The highest BCUT2D eigenvalue weighted by atomic mass is 16.6. The van der Waals surface area contributed by atoms with E-state index in [9.17, 15) is 0 Å². The minimum atomic E-state index is 0.589. The summed E-state index contributed by atoms with van der Waals surface area (Å²) in [6.45, 7) is 12.9. The molecule has 1 atom stereocenters. The Balaban J connectivity index is 0.000000289. The van der Waals surface area contributed by atoms with Gasteiger partial charge in [-0.2, -0.15) is 0 Å². The summed E-state index contributed by atoms with van der Waals surface area (Å²) >= 11 is 0. The molecular formula is C22H34N2O2. The maximum Gasteiger partial charge on any atom is 0.160 e. The summed E-state index contributed by atoms with van der Waals surface area (Å²) in [5.74, 6) is 1.27. The van der Waals surface area contributed by atoms with Crippen molar-refractivity contribution in [3.63, 3.8) is 0 Å². The van der Waals surface area contributed by atoms with Crippen molar-refractivity contribution in [3.05, 3.63) is 72.7 Å². The Morgan fingerprint density at radius 1 is 1.12 bits per heavy atom. The van der Waals surface area contributed by atoms with Crippen molar-refractivity contribution in [2.75, 3.05) is 40.9 Å². The Hall–Kier alpha value is -2.04. The quantitative estimate of drug-likeness (QED) is 0.733. The summed E-state index contributed by atoms with van der Waals surface area (Å²) in [4.78, 5) is 4.66. The lowest BCUT2D eigenvalue weighted by Gasteiger charge is -2.25. The van der Waals surface area contributed by atoms with Crippen LogP contribution in [0.2, 0.25) is 0 Å². The van der Waals surface area contributed by atoms with E-state index in [1.54, 1.807) is 12.2 Å². The van der Waals surface area contributed by atoms with Crippen molar-refractivity contribution >= 4 is 0 Å². The largest absolute Gasteiger partial charge is 0.487 e. The standard InChI is InChI=1S/C14H24N2.C8H10O2/c1-13(10-11-15(2)3)16(4)12-14-8-6-5-7-9-14;1-3-4-8-7(2)9-5-6-10-8/h5-9,13H,10-12H2,1-4H3;3-4H,1-2,5-6H2/b;8-4+. The lowest BCUT2D eigenvalue weighted by Crippen LogP contribution is -2.31. The third-order valence-electron chi connectivity index (χ3n) is 4.18. The van der Waals surface area contributed by atoms with E-state index in [0.29, 0.717) is 30.8 Å². The summed E-state index contributed by atoms with van der Waals surface area (Å²) in [5.41, 5.74) is 1.39. The van der Waals surface area contributed by atoms with Gasteiger partial charge < -0.3 is 14.4 Å². The fourth-order valence-electron chi connectivity index (χ4n) is 2.41. The van der Waals surface area contributed by atoms with Gasteiger partial charge >= 0.3 is 0 Å². The van der Waals surface area contributed by atoms with E-state index in [1.807, 2.05) is 0 Å². The van der Waals surface area contributed by atoms with E-state index in [0.717, 1.165) is 13.1 Å². The molecule has 0 N–H and O–H groups in total. The Morgan fingerprint density at radius 3 is 2.35 bits per heavy atom. The molecule has 0 bridgehead atoms. The highest BCUT2D eigenvalue weighted by molar-refractivity contribution is 5.22. The van der Waals surface area contributed by atoms with Gasteiger partial charge in [-0.1, -0.05) is 49.6 Å². The molecule has 0 spiro atoms. The molecule has 26 heavy (non-hydrogen) atoms. The van der Waals surface area contributed by atoms with Crippen LogP contribution in [0.4, 0.5) is 0 Å². The average molecular weight is 359 g/mol. The van der Waals surface area contributed by atoms with E-state index in [1.165, 1.54) is 12.0 Å². The maximum absolute atomic E-state index is 5.20. The van der Waals surface area contributed by atoms with Gasteiger partial charge in [0.15, 0.2) is 11.5 Å². The minimum Gasteiger partial charge on any atom is -0.487 e. The molecule has 0 aliphatic carbocycles. The van der Waals surface area contributed by atoms with Crippen LogP contribution in [0, 0.1) is 0 Å². The molecule has 4 heteroatoms. The zero-order chi connectivity index (χ0) is 19.4. The SMILES string of the molecule is C=C/C=C1/OCCOC1=C.CC(CCN(C)C)N(C)Cc1ccccc1. The van der Waals surface area contributed by atoms with Gasteiger partial charge in [-0.25, -0.2) is 0 Å². The number of hydrogen-bond acceptors (Lipinski definition) is 4. The van der Waals surface area contributed by atoms with E-state index in [-0.39, 0.29) is 0 Å². The van der Waals surface area contributed by atoms with Crippen LogP contribution in [0.1, 0.15) is 18.9 Å². The van der Waals surface area contributed by atoms with Crippen molar-refractivity contribution in [3.8, 4) is 0 Å². The van der Waals surface area contributed by atoms with Gasteiger partial charge in [-0.3, -0.25) is 4.90 Å². The molecule has 1 fully saturated rings. The molecular weight excluding hydrogens is 324 g/mol. The van der Waals surface area contributed by atoms with Crippen molar-refractivity contribution in [1.82, 2.24) is 9.80 Å². The lowest BCUT2D eigenvalue weighted by molar-refractivity contribution is 0.0606. The van der Waals surface area contributed by atoms with Crippen LogP contribution < -0.4 is 0 Å². The third-order valence-corrected chi connectivity index (χ3v) is 4.18. The number of nitrogens with zero attached hydrogens (tertiary/aromatic N) is 2. The van der Waals surface area contributed by atoms with Crippen molar-refractivity contribution in [2.45, 2.75) is 25.9 Å². The van der Waals surface area contributed by atoms with Crippen molar-refractivity contribution in [1.29, 1.82) is 0 Å². The minimum absolute atomic E-state index is 0.589. The monoisotopic (exact) mass is 358 g/mol. The number of hydrogen-bond donors (Lipinski definition) is 0. The van der Waals surface area contributed by atoms with Gasteiger partial charge in [-0.15, -0.1) is 0 Å². The Labute approximate surface area is 159 Å². The van der Waals surface area contributed by atoms with Crippen molar-refractivity contribution in [2.24, 2.45) is 0 Å². The zero-order valence-corrected chi connectivity index (χ0v) is 16.8. The summed E-state index contributed by atoms with van der Waals surface area (Å²) in [6.07, 6.45) is 4.60. The second-order valence-corrected chi connectivity index (χ2v) is 6.73. The van der Waals surface area contributed by atoms with Crippen LogP contribution >= 0.6 is 0 Å². The van der Waals surface area contributed by atoms with Crippen LogP contribution in [0.15, 0.2) is 67.2 Å². The molecule has 0 radical (unpaired) electrons. The molecule has 2 rings (SSSR count). The van der Waals surface area contributed by atoms with Gasteiger partial charge in [0, 0.05) is 12.6 Å². The summed E-state index contributed by atoms with van der Waals surface area (Å²) in [6, 6.07) is 11.3. The van der Waals surface area contributed by atoms with E-state index in [2.05, 4.69) is 81.4 Å². The topological polar surface area (TPSA) is 24.9 Å². The first-order valence-corrected chi connectivity index (χ1v) is 9.10. The van der Waals surface area contributed by atoms with Crippen LogP contribution in [0.5, 0.6) is 0 Å². The number of rotatable bonds is 7. The van der Waals surface area contributed by atoms with Crippen LogP contribution in [-0.4, -0.2) is 56.7 Å². The molecule has 1 aromatic carbocycles. The molecule has 1 aromatic rings. The molecule has 1 unspecified atom stereocenters. The number of allylic oxidation sites excluding steroid dienone is 2. The molecule has 0 aromatic heterocycles. The van der Waals surface area contributed by atoms with Crippen LogP contribution in [-0.2, 0) is 16.0 Å². The van der Waals surface area contributed by atoms with Crippen LogP contribution in [0.3, 0.4) is 0 Å². The van der Waals surface area contributed by atoms with Gasteiger partial charge in [0.1, 0.15) is 13.2 Å². The first-order chi connectivity index (χ1) is 12.4. The summed E-state index contributed by atoms with van der Waals surface area (Å²) in [5, 5.41) is 0. The Bertz CT molecular complexity index is 567. The normalized spacial score (nSPS) is 16.5. The van der Waals surface area contributed by atoms with Gasteiger partial charge in [0.05, 0.1) is 0 Å². The molecule has 0 amide bonds. The summed E-state index contributed by atoms with van der Waals surface area (Å²) in [7, 11) is 6.46. The second-order valence-electron chi connectivity index (χ2n) is 6.73. The molecule has 1 saturated heterocycles. The molecule has 1 aliphatic rings. The van der Waals surface area contributed by atoms with Gasteiger partial charge in [0.2, 0.25) is 0 Å². The molecule has 1 heterocycles. The number of benzene rings is 1. The highest BCUT2D eigenvalue weighted by Crippen LogP contribution is 2.15. The van der Waals surface area contributed by atoms with E-state index in [4.69, 9.17) is 9.47 Å². The van der Waals surface area contributed by atoms with Gasteiger partial charge in [-0.05, 0) is 52.7 Å². The van der Waals surface area contributed by atoms with Crippen LogP contribution in [0.25, 0.3) is 0 Å². The smallest absolute Gasteiger partial charge is 0.160 e. The van der Waals surface area contributed by atoms with E-state index < -0.39 is 0 Å². The molecule has 0 saturated carbocycles. The fraction of sp³-hybridized carbons (Fsp3) is 0.455. The average Bonchev–Trinajstić information content (AvgIpc) is 2.63. The second kappa shape index (κ2) is 12.3. The lowest BCUT2D eigenvalue weighted by atomic mass is 10.1. The fourth-order valence-corrected chi connectivity index (χ4v) is 2.41. The first-order valence-electron chi connectivity index (χ1n) is 9.10. The molecule has 1 aliphatic heterocycles. The summed E-state index contributed by atoms with van der Waals surface area (Å²) < 4.78 is 10.3. The number of ether oxygens (including phenoxy) is 2. The third kappa shape index (κ3) is 8.88. The van der Waals surface area contributed by atoms with Crippen molar-refractivity contribution < 1.29 is 9.47 Å². The predicted molar refractivity (Wildman–Crippen MR) is 110 cm³/mol. The highest BCUT2D eigenvalue weighted by Gasteiger charge is 2.10. The Kier molecular flexibility index (Phi) is 10.4. The Morgan fingerprint density at radius 2 is 1.77 bits per heavy atom. The first kappa shape index (κ1) is 22.0. The van der Waals surface area contributed by atoms with E-state index >= 15 is 0 Å². The molecule has 4 nitrogen and oxygen atoms in total. The molecule has 144 valence electrons. The zero-order valence-electron chi connectivity index (χ0n) is 16.8.